The van der Waals surface area contributed by atoms with E-state index in [9.17, 15) is 14.7 Å². The first kappa shape index (κ1) is 17.7. The van der Waals surface area contributed by atoms with Gasteiger partial charge in [0.25, 0.3) is 5.91 Å². The molecule has 2 heterocycles. The molecule has 3 aliphatic rings. The maximum atomic E-state index is 12.8. The number of carbonyl (C=O) groups is 2. The third-order valence-electron chi connectivity index (χ3n) is 5.84. The summed E-state index contributed by atoms with van der Waals surface area (Å²) in [6, 6.07) is 0. The van der Waals surface area contributed by atoms with E-state index in [1.165, 1.54) is 32.1 Å². The molecule has 3 fully saturated rings. The average Bonchev–Trinajstić information content (AvgIpc) is 2.57. The van der Waals surface area contributed by atoms with E-state index in [2.05, 4.69) is 5.32 Å². The molecule has 0 aromatic rings. The molecule has 0 aromatic carbocycles. The van der Waals surface area contributed by atoms with Gasteiger partial charge in [0.15, 0.2) is 5.60 Å². The van der Waals surface area contributed by atoms with Gasteiger partial charge < -0.3 is 15.3 Å². The summed E-state index contributed by atoms with van der Waals surface area (Å²) in [6.07, 6.45) is 8.97. The maximum absolute atomic E-state index is 12.8. The van der Waals surface area contributed by atoms with Gasteiger partial charge in [0, 0.05) is 32.7 Å². The van der Waals surface area contributed by atoms with Gasteiger partial charge in [0.2, 0.25) is 5.91 Å². The van der Waals surface area contributed by atoms with Gasteiger partial charge in [0.05, 0.1) is 6.54 Å². The molecule has 1 atom stereocenters. The third-order valence-corrected chi connectivity index (χ3v) is 5.84. The summed E-state index contributed by atoms with van der Waals surface area (Å²) in [4.78, 5) is 28.1. The van der Waals surface area contributed by atoms with Gasteiger partial charge >= 0.3 is 0 Å². The number of amides is 2. The van der Waals surface area contributed by atoms with Crippen LogP contribution in [0.1, 0.15) is 51.4 Å². The number of β-amino-alcohol motifs (C(OH)–C–C–N with tert-alkyl or cyclic N) is 1. The minimum absolute atomic E-state index is 0.0257. The molecule has 6 heteroatoms. The zero-order valence-electron chi connectivity index (χ0n) is 14.6. The van der Waals surface area contributed by atoms with Crippen molar-refractivity contribution in [3.8, 4) is 0 Å². The van der Waals surface area contributed by atoms with E-state index in [0.29, 0.717) is 19.5 Å². The number of nitrogens with one attached hydrogen (secondary N) is 1. The number of hydrogen-bond donors (Lipinski definition) is 2. The van der Waals surface area contributed by atoms with Crippen LogP contribution in [0, 0.1) is 5.92 Å². The van der Waals surface area contributed by atoms with Crippen molar-refractivity contribution in [1.29, 1.82) is 0 Å². The van der Waals surface area contributed by atoms with Crippen molar-refractivity contribution in [3.05, 3.63) is 0 Å². The molecular weight excluding hydrogens is 306 g/mol. The predicted molar refractivity (Wildman–Crippen MR) is 91.4 cm³/mol. The molecule has 6 nitrogen and oxygen atoms in total. The van der Waals surface area contributed by atoms with Crippen LogP contribution < -0.4 is 5.32 Å². The molecule has 3 rings (SSSR count). The van der Waals surface area contributed by atoms with Gasteiger partial charge in [-0.1, -0.05) is 32.1 Å². The van der Waals surface area contributed by atoms with Crippen LogP contribution >= 0.6 is 0 Å². The Morgan fingerprint density at radius 3 is 2.67 bits per heavy atom. The SMILES string of the molecule is O=C1CN(C[C@]2(O)CCCN(CCC3CCCCC3)C2=O)CCN1. The summed E-state index contributed by atoms with van der Waals surface area (Å²) in [7, 11) is 0. The lowest BCUT2D eigenvalue weighted by atomic mass is 9.86. The topological polar surface area (TPSA) is 72.9 Å². The number of likely N-dealkylation sites (tertiary alicyclic amines) is 1. The summed E-state index contributed by atoms with van der Waals surface area (Å²) in [5.41, 5.74) is -1.32. The van der Waals surface area contributed by atoms with Crippen LogP contribution in [0.15, 0.2) is 0 Å². The van der Waals surface area contributed by atoms with E-state index >= 15 is 0 Å². The number of aliphatic hydroxyl groups is 1. The minimum Gasteiger partial charge on any atom is -0.379 e. The van der Waals surface area contributed by atoms with Crippen LogP contribution in [-0.4, -0.2) is 71.6 Å². The Morgan fingerprint density at radius 1 is 1.12 bits per heavy atom. The Hall–Kier alpha value is -1.14. The molecule has 0 aromatic heterocycles. The Labute approximate surface area is 144 Å². The lowest BCUT2D eigenvalue weighted by molar-refractivity contribution is -0.160. The first-order valence-electron chi connectivity index (χ1n) is 9.58. The van der Waals surface area contributed by atoms with Crippen molar-refractivity contribution in [2.24, 2.45) is 5.92 Å². The second-order valence-electron chi connectivity index (χ2n) is 7.78. The van der Waals surface area contributed by atoms with E-state index < -0.39 is 5.60 Å². The molecule has 0 spiro atoms. The summed E-state index contributed by atoms with van der Waals surface area (Å²) < 4.78 is 0. The first-order valence-corrected chi connectivity index (χ1v) is 9.58. The van der Waals surface area contributed by atoms with Crippen LogP contribution in [0.5, 0.6) is 0 Å². The highest BCUT2D eigenvalue weighted by Gasteiger charge is 2.43. The van der Waals surface area contributed by atoms with Crippen molar-refractivity contribution >= 4 is 11.8 Å². The van der Waals surface area contributed by atoms with Gasteiger partial charge in [0.1, 0.15) is 0 Å². The average molecular weight is 337 g/mol. The van der Waals surface area contributed by atoms with E-state index in [0.717, 1.165) is 31.8 Å². The molecule has 1 aliphatic carbocycles. The molecule has 2 amide bonds. The zero-order valence-corrected chi connectivity index (χ0v) is 14.6. The molecule has 0 bridgehead atoms. The highest BCUT2D eigenvalue weighted by molar-refractivity contribution is 5.86. The van der Waals surface area contributed by atoms with E-state index in [-0.39, 0.29) is 24.9 Å². The highest BCUT2D eigenvalue weighted by Crippen LogP contribution is 2.29. The van der Waals surface area contributed by atoms with Crippen molar-refractivity contribution < 1.29 is 14.7 Å². The number of carbonyl (C=O) groups excluding carboxylic acids is 2. The van der Waals surface area contributed by atoms with E-state index in [1.807, 2.05) is 9.80 Å². The molecule has 2 aliphatic heterocycles. The second-order valence-corrected chi connectivity index (χ2v) is 7.78. The van der Waals surface area contributed by atoms with Gasteiger partial charge in [-0.25, -0.2) is 0 Å². The van der Waals surface area contributed by atoms with Crippen molar-refractivity contribution in [2.45, 2.75) is 57.0 Å². The summed E-state index contributed by atoms with van der Waals surface area (Å²) >= 11 is 0. The second kappa shape index (κ2) is 7.83. The number of nitrogens with zero attached hydrogens (tertiary/aromatic N) is 2. The summed E-state index contributed by atoms with van der Waals surface area (Å²) in [5.74, 6) is 0.588. The fourth-order valence-electron chi connectivity index (χ4n) is 4.44. The third kappa shape index (κ3) is 4.28. The summed E-state index contributed by atoms with van der Waals surface area (Å²) in [5, 5.41) is 13.7. The standard InChI is InChI=1S/C18H31N3O3/c22-16-13-20(12-9-19-16)14-18(24)8-4-10-21(17(18)23)11-7-15-5-2-1-3-6-15/h15,24H,1-14H2,(H,19,22)/t18-/m1/s1. The molecule has 2 N–H and O–H groups in total. The zero-order chi connectivity index (χ0) is 17.0. The lowest BCUT2D eigenvalue weighted by Crippen LogP contribution is -2.61. The largest absolute Gasteiger partial charge is 0.379 e. The Bertz CT molecular complexity index is 464. The monoisotopic (exact) mass is 337 g/mol. The first-order chi connectivity index (χ1) is 11.6. The van der Waals surface area contributed by atoms with Gasteiger partial charge in [-0.2, -0.15) is 0 Å². The van der Waals surface area contributed by atoms with Crippen molar-refractivity contribution in [2.75, 3.05) is 39.3 Å². The molecule has 2 saturated heterocycles. The van der Waals surface area contributed by atoms with Crippen molar-refractivity contribution in [1.82, 2.24) is 15.1 Å². The van der Waals surface area contributed by atoms with Gasteiger partial charge in [-0.3, -0.25) is 14.5 Å². The molecule has 0 unspecified atom stereocenters. The fourth-order valence-corrected chi connectivity index (χ4v) is 4.44. The number of piperidine rings is 1. The number of rotatable bonds is 5. The minimum atomic E-state index is -1.32. The van der Waals surface area contributed by atoms with Gasteiger partial charge in [-0.05, 0) is 25.2 Å². The molecular formula is C18H31N3O3. The Kier molecular flexibility index (Phi) is 5.76. The Morgan fingerprint density at radius 2 is 1.92 bits per heavy atom. The highest BCUT2D eigenvalue weighted by atomic mass is 16.3. The van der Waals surface area contributed by atoms with Crippen LogP contribution in [0.4, 0.5) is 0 Å². The fraction of sp³-hybridized carbons (Fsp3) is 0.889. The van der Waals surface area contributed by atoms with Gasteiger partial charge in [-0.15, -0.1) is 0 Å². The molecule has 24 heavy (non-hydrogen) atoms. The smallest absolute Gasteiger partial charge is 0.255 e. The van der Waals surface area contributed by atoms with Crippen molar-refractivity contribution in [3.63, 3.8) is 0 Å². The van der Waals surface area contributed by atoms with E-state index in [1.54, 1.807) is 0 Å². The van der Waals surface area contributed by atoms with E-state index in [4.69, 9.17) is 0 Å². The number of hydrogen-bond acceptors (Lipinski definition) is 4. The lowest BCUT2D eigenvalue weighted by Gasteiger charge is -2.41. The van der Waals surface area contributed by atoms with Crippen LogP contribution in [-0.2, 0) is 9.59 Å². The van der Waals surface area contributed by atoms with Crippen LogP contribution in [0.2, 0.25) is 0 Å². The van der Waals surface area contributed by atoms with Crippen LogP contribution in [0.3, 0.4) is 0 Å². The summed E-state index contributed by atoms with van der Waals surface area (Å²) in [6.45, 7) is 3.37. The molecule has 136 valence electrons. The molecule has 0 radical (unpaired) electrons. The predicted octanol–water partition coefficient (Wildman–Crippen LogP) is 0.742. The normalized spacial score (nSPS) is 30.5. The molecule has 1 saturated carbocycles. The maximum Gasteiger partial charge on any atom is 0.255 e. The number of piperazine rings is 1. The quantitative estimate of drug-likeness (QED) is 0.776. The van der Waals surface area contributed by atoms with Crippen LogP contribution in [0.25, 0.3) is 0 Å². The Balaban J connectivity index is 1.53.